The highest BCUT2D eigenvalue weighted by atomic mass is 16.6. The molecule has 2 aromatic carbocycles. The number of benzene rings is 2. The number of rotatable bonds is 10. The Labute approximate surface area is 258 Å². The molecule has 0 aromatic heterocycles. The molecule has 5 amide bonds. The minimum absolute atomic E-state index is 0.0422. The van der Waals surface area contributed by atoms with Gasteiger partial charge in [0.25, 0.3) is 11.8 Å². The summed E-state index contributed by atoms with van der Waals surface area (Å²) in [6, 6.07) is 15.3. The van der Waals surface area contributed by atoms with Crippen LogP contribution in [0.3, 0.4) is 0 Å². The van der Waals surface area contributed by atoms with E-state index in [-0.39, 0.29) is 36.9 Å². The summed E-state index contributed by atoms with van der Waals surface area (Å²) in [4.78, 5) is 68.0. The summed E-state index contributed by atoms with van der Waals surface area (Å²) in [5, 5.41) is 5.35. The third kappa shape index (κ3) is 8.22. The Morgan fingerprint density at radius 3 is 2.02 bits per heavy atom. The fraction of sp³-hybridized carbons (Fsp3) is 0.485. The van der Waals surface area contributed by atoms with Crippen molar-refractivity contribution in [2.75, 3.05) is 26.2 Å². The number of alkyl carbamates (subject to hydrolysis) is 1. The van der Waals surface area contributed by atoms with Crippen molar-refractivity contribution >= 4 is 29.7 Å². The highest BCUT2D eigenvalue weighted by Gasteiger charge is 2.39. The molecule has 2 aliphatic rings. The normalized spacial score (nSPS) is 16.4. The van der Waals surface area contributed by atoms with Gasteiger partial charge in [0.1, 0.15) is 17.2 Å². The fourth-order valence-electron chi connectivity index (χ4n) is 5.22. The lowest BCUT2D eigenvalue weighted by Gasteiger charge is -2.36. The first-order chi connectivity index (χ1) is 20.7. The summed E-state index contributed by atoms with van der Waals surface area (Å²) in [5.41, 5.74) is -0.358. The van der Waals surface area contributed by atoms with E-state index in [0.717, 1.165) is 5.56 Å². The second kappa shape index (κ2) is 13.6. The van der Waals surface area contributed by atoms with Crippen LogP contribution < -0.4 is 10.6 Å². The second-order valence-corrected chi connectivity index (χ2v) is 12.8. The molecule has 1 unspecified atom stereocenters. The van der Waals surface area contributed by atoms with E-state index >= 15 is 0 Å². The fourth-order valence-corrected chi connectivity index (χ4v) is 5.22. The van der Waals surface area contributed by atoms with Crippen LogP contribution in [0.5, 0.6) is 0 Å². The van der Waals surface area contributed by atoms with E-state index in [4.69, 9.17) is 9.47 Å². The van der Waals surface area contributed by atoms with Gasteiger partial charge in [-0.3, -0.25) is 24.1 Å². The number of amides is 5. The monoisotopic (exact) mass is 606 g/mol. The molecular formula is C33H42N4O7. The first kappa shape index (κ1) is 32.7. The van der Waals surface area contributed by atoms with E-state index in [9.17, 15) is 24.0 Å². The lowest BCUT2D eigenvalue weighted by Crippen LogP contribution is -2.61. The van der Waals surface area contributed by atoms with Crippen LogP contribution in [0.4, 0.5) is 4.79 Å². The van der Waals surface area contributed by atoms with Gasteiger partial charge in [0.05, 0.1) is 24.3 Å². The molecule has 0 radical (unpaired) electrons. The van der Waals surface area contributed by atoms with Crippen molar-refractivity contribution in [3.63, 3.8) is 0 Å². The quantitative estimate of drug-likeness (QED) is 0.395. The van der Waals surface area contributed by atoms with E-state index in [1.807, 2.05) is 30.3 Å². The van der Waals surface area contributed by atoms with Crippen LogP contribution >= 0.6 is 0 Å². The van der Waals surface area contributed by atoms with Crippen molar-refractivity contribution in [2.45, 2.75) is 71.2 Å². The Balaban J connectivity index is 1.37. The van der Waals surface area contributed by atoms with Crippen molar-refractivity contribution in [1.82, 2.24) is 20.4 Å². The maximum Gasteiger partial charge on any atom is 0.408 e. The molecule has 44 heavy (non-hydrogen) atoms. The topological polar surface area (TPSA) is 134 Å². The van der Waals surface area contributed by atoms with Gasteiger partial charge >= 0.3 is 6.09 Å². The van der Waals surface area contributed by atoms with Crippen LogP contribution in [0, 0.1) is 5.92 Å². The largest absolute Gasteiger partial charge is 0.444 e. The molecule has 236 valence electrons. The summed E-state index contributed by atoms with van der Waals surface area (Å²) in [7, 11) is 0. The summed E-state index contributed by atoms with van der Waals surface area (Å²) < 4.78 is 11.2. The first-order valence-electron chi connectivity index (χ1n) is 14.9. The zero-order chi connectivity index (χ0) is 32.1. The first-order valence-corrected chi connectivity index (χ1v) is 14.9. The minimum atomic E-state index is -1.38. The molecule has 2 heterocycles. The van der Waals surface area contributed by atoms with Gasteiger partial charge in [0, 0.05) is 19.6 Å². The number of ether oxygens (including phenoxy) is 2. The molecule has 2 N–H and O–H groups in total. The van der Waals surface area contributed by atoms with E-state index in [0.29, 0.717) is 43.6 Å². The molecule has 11 nitrogen and oxygen atoms in total. The number of nitrogens with zero attached hydrogens (tertiary/aromatic N) is 2. The van der Waals surface area contributed by atoms with Gasteiger partial charge in [-0.15, -0.1) is 0 Å². The molecule has 1 saturated heterocycles. The van der Waals surface area contributed by atoms with Gasteiger partial charge in [-0.2, -0.15) is 0 Å². The number of fused-ring (bicyclic) bond motifs is 1. The Morgan fingerprint density at radius 2 is 1.45 bits per heavy atom. The molecule has 0 spiro atoms. The van der Waals surface area contributed by atoms with E-state index < -0.39 is 29.2 Å². The van der Waals surface area contributed by atoms with Gasteiger partial charge in [0.2, 0.25) is 11.8 Å². The zero-order valence-corrected chi connectivity index (χ0v) is 26.1. The maximum absolute atomic E-state index is 13.7. The molecule has 11 heteroatoms. The predicted molar refractivity (Wildman–Crippen MR) is 163 cm³/mol. The van der Waals surface area contributed by atoms with Gasteiger partial charge in [-0.1, -0.05) is 42.5 Å². The van der Waals surface area contributed by atoms with Crippen molar-refractivity contribution in [3.05, 3.63) is 71.3 Å². The van der Waals surface area contributed by atoms with Crippen LogP contribution in [-0.2, 0) is 25.7 Å². The van der Waals surface area contributed by atoms with Crippen LogP contribution in [0.25, 0.3) is 0 Å². The third-order valence-electron chi connectivity index (χ3n) is 7.63. The predicted octanol–water partition coefficient (Wildman–Crippen LogP) is 3.53. The Hall–Kier alpha value is -4.25. The SMILES string of the molecule is CC(C)(C)OC(=O)NC(C)(C)C(=O)NC(COCc1ccccc1)C(=O)N1CCC(CN2C(=O)c3ccccc3C2=O)CC1. The molecule has 0 aliphatic carbocycles. The van der Waals surface area contributed by atoms with Crippen LogP contribution in [-0.4, -0.2) is 82.9 Å². The lowest BCUT2D eigenvalue weighted by atomic mass is 9.95. The minimum Gasteiger partial charge on any atom is -0.444 e. The molecule has 0 bridgehead atoms. The molecule has 4 rings (SSSR count). The van der Waals surface area contributed by atoms with Gasteiger partial charge < -0.3 is 25.0 Å². The number of hydrogen-bond donors (Lipinski definition) is 2. The highest BCUT2D eigenvalue weighted by molar-refractivity contribution is 6.21. The summed E-state index contributed by atoms with van der Waals surface area (Å²) >= 11 is 0. The van der Waals surface area contributed by atoms with Crippen molar-refractivity contribution in [1.29, 1.82) is 0 Å². The van der Waals surface area contributed by atoms with Crippen molar-refractivity contribution in [3.8, 4) is 0 Å². The average Bonchev–Trinajstić information content (AvgIpc) is 3.20. The van der Waals surface area contributed by atoms with Gasteiger partial charge in [-0.05, 0) is 71.1 Å². The molecule has 2 aliphatic heterocycles. The van der Waals surface area contributed by atoms with E-state index in [1.54, 1.807) is 49.9 Å². The Bertz CT molecular complexity index is 1340. The number of imide groups is 1. The van der Waals surface area contributed by atoms with E-state index in [2.05, 4.69) is 10.6 Å². The number of piperidine rings is 1. The number of carbonyl (C=O) groups is 5. The summed E-state index contributed by atoms with van der Waals surface area (Å²) in [6.45, 7) is 9.50. The number of likely N-dealkylation sites (tertiary alicyclic amines) is 1. The zero-order valence-electron chi connectivity index (χ0n) is 26.1. The van der Waals surface area contributed by atoms with Gasteiger partial charge in [-0.25, -0.2) is 4.79 Å². The summed E-state index contributed by atoms with van der Waals surface area (Å²) in [6.07, 6.45) is 0.438. The molecule has 0 saturated carbocycles. The second-order valence-electron chi connectivity index (χ2n) is 12.8. The number of nitrogens with one attached hydrogen (secondary N) is 2. The lowest BCUT2D eigenvalue weighted by molar-refractivity contribution is -0.140. The maximum atomic E-state index is 13.7. The third-order valence-corrected chi connectivity index (χ3v) is 7.63. The molecule has 1 fully saturated rings. The van der Waals surface area contributed by atoms with Gasteiger partial charge in [0.15, 0.2) is 0 Å². The summed E-state index contributed by atoms with van der Waals surface area (Å²) in [5.74, 6) is -1.40. The van der Waals surface area contributed by atoms with Crippen LogP contribution in [0.2, 0.25) is 0 Å². The van der Waals surface area contributed by atoms with Crippen molar-refractivity contribution < 1.29 is 33.4 Å². The number of hydrogen-bond acceptors (Lipinski definition) is 7. The molecule has 2 aromatic rings. The molecular weight excluding hydrogens is 564 g/mol. The van der Waals surface area contributed by atoms with E-state index in [1.165, 1.54) is 18.7 Å². The average molecular weight is 607 g/mol. The van der Waals surface area contributed by atoms with Crippen LogP contribution in [0.15, 0.2) is 54.6 Å². The molecule has 1 atom stereocenters. The Kier molecular flexibility index (Phi) is 10.1. The highest BCUT2D eigenvalue weighted by Crippen LogP contribution is 2.26. The van der Waals surface area contributed by atoms with Crippen molar-refractivity contribution in [2.24, 2.45) is 5.92 Å². The smallest absolute Gasteiger partial charge is 0.408 e. The van der Waals surface area contributed by atoms with Crippen LogP contribution in [0.1, 0.15) is 73.7 Å². The Morgan fingerprint density at radius 1 is 0.886 bits per heavy atom. The number of carbonyl (C=O) groups excluding carboxylic acids is 5. The standard InChI is InChI=1S/C33H42N4O7/c1-32(2,3)44-31(42)35-33(4,5)30(41)34-26(21-43-20-23-11-7-6-8-12-23)29(40)36-17-15-22(16-18-36)19-37-27(38)24-13-9-10-14-25(24)28(37)39/h6-14,22,26H,15-21H2,1-5H3,(H,34,41)(H,35,42).